The number of amides is 1. The lowest BCUT2D eigenvalue weighted by atomic mass is 10.1. The van der Waals surface area contributed by atoms with Gasteiger partial charge in [0.2, 0.25) is 12.7 Å². The maximum atomic E-state index is 12.1. The largest absolute Gasteiger partial charge is 0.454 e. The van der Waals surface area contributed by atoms with Gasteiger partial charge in [-0.2, -0.15) is 0 Å². The number of nitrogens with one attached hydrogen (secondary N) is 1. The van der Waals surface area contributed by atoms with Gasteiger partial charge in [-0.1, -0.05) is 18.2 Å². The standard InChI is InChI=1S/C21H23N3O3/c1-15-23-17-5-2-3-6-18(17)24(15)12-4-11-22-21(25)10-8-16-7-9-19-20(13-16)27-14-26-19/h2-3,5-7,9,13H,4,8,10-12,14H2,1H3,(H,22,25). The fourth-order valence-corrected chi connectivity index (χ4v) is 3.39. The first-order valence-electron chi connectivity index (χ1n) is 9.28. The molecule has 1 amide bonds. The number of carbonyl (C=O) groups is 1. The van der Waals surface area contributed by atoms with Crippen molar-refractivity contribution in [3.63, 3.8) is 0 Å². The third-order valence-corrected chi connectivity index (χ3v) is 4.80. The van der Waals surface area contributed by atoms with Gasteiger partial charge in [0, 0.05) is 19.5 Å². The molecule has 2 heterocycles. The van der Waals surface area contributed by atoms with Crippen LogP contribution in [0.25, 0.3) is 11.0 Å². The first kappa shape index (κ1) is 17.4. The molecule has 6 heteroatoms. The number of ether oxygens (including phenoxy) is 2. The number of imidazole rings is 1. The van der Waals surface area contributed by atoms with Gasteiger partial charge >= 0.3 is 0 Å². The van der Waals surface area contributed by atoms with Crippen molar-refractivity contribution in [2.24, 2.45) is 0 Å². The number of carbonyl (C=O) groups excluding carboxylic acids is 1. The zero-order valence-corrected chi connectivity index (χ0v) is 15.4. The van der Waals surface area contributed by atoms with Crippen molar-refractivity contribution in [3.8, 4) is 11.5 Å². The molecule has 0 radical (unpaired) electrons. The molecule has 1 aliphatic rings. The van der Waals surface area contributed by atoms with Gasteiger partial charge < -0.3 is 19.4 Å². The maximum Gasteiger partial charge on any atom is 0.231 e. The third-order valence-electron chi connectivity index (χ3n) is 4.80. The predicted octanol–water partition coefficient (Wildman–Crippen LogP) is 3.21. The van der Waals surface area contributed by atoms with E-state index in [1.807, 2.05) is 43.3 Å². The number of fused-ring (bicyclic) bond motifs is 2. The summed E-state index contributed by atoms with van der Waals surface area (Å²) in [6.45, 7) is 3.79. The molecule has 6 nitrogen and oxygen atoms in total. The van der Waals surface area contributed by atoms with E-state index < -0.39 is 0 Å². The number of nitrogens with zero attached hydrogens (tertiary/aromatic N) is 2. The molecule has 140 valence electrons. The van der Waals surface area contributed by atoms with E-state index in [9.17, 15) is 4.79 Å². The van der Waals surface area contributed by atoms with Crippen molar-refractivity contribution in [1.82, 2.24) is 14.9 Å². The van der Waals surface area contributed by atoms with Crippen LogP contribution in [0, 0.1) is 6.92 Å². The highest BCUT2D eigenvalue weighted by Gasteiger charge is 2.13. The number of benzene rings is 2. The fourth-order valence-electron chi connectivity index (χ4n) is 3.39. The van der Waals surface area contributed by atoms with Crippen LogP contribution in [-0.4, -0.2) is 28.8 Å². The zero-order chi connectivity index (χ0) is 18.6. The van der Waals surface area contributed by atoms with Crippen molar-refractivity contribution in [2.45, 2.75) is 32.7 Å². The number of para-hydroxylation sites is 2. The lowest BCUT2D eigenvalue weighted by Gasteiger charge is -2.08. The maximum absolute atomic E-state index is 12.1. The Morgan fingerprint density at radius 1 is 1.19 bits per heavy atom. The first-order chi connectivity index (χ1) is 13.2. The molecule has 0 atom stereocenters. The summed E-state index contributed by atoms with van der Waals surface area (Å²) in [5.74, 6) is 2.60. The van der Waals surface area contributed by atoms with E-state index in [4.69, 9.17) is 9.47 Å². The van der Waals surface area contributed by atoms with Gasteiger partial charge in [0.25, 0.3) is 0 Å². The topological polar surface area (TPSA) is 65.4 Å². The fraction of sp³-hybridized carbons (Fsp3) is 0.333. The second-order valence-corrected chi connectivity index (χ2v) is 6.69. The minimum Gasteiger partial charge on any atom is -0.454 e. The van der Waals surface area contributed by atoms with Crippen LogP contribution in [0.1, 0.15) is 24.2 Å². The van der Waals surface area contributed by atoms with Gasteiger partial charge in [-0.05, 0) is 49.6 Å². The Balaban J connectivity index is 1.22. The molecule has 1 aliphatic heterocycles. The molecule has 0 aliphatic carbocycles. The molecule has 2 aromatic carbocycles. The molecule has 0 unspecified atom stereocenters. The molecular formula is C21H23N3O3. The summed E-state index contributed by atoms with van der Waals surface area (Å²) in [7, 11) is 0. The van der Waals surface area contributed by atoms with Crippen LogP contribution in [0.5, 0.6) is 11.5 Å². The summed E-state index contributed by atoms with van der Waals surface area (Å²) < 4.78 is 12.9. The molecule has 1 aromatic heterocycles. The summed E-state index contributed by atoms with van der Waals surface area (Å²) >= 11 is 0. The van der Waals surface area contributed by atoms with Crippen LogP contribution in [0.4, 0.5) is 0 Å². The summed E-state index contributed by atoms with van der Waals surface area (Å²) in [5.41, 5.74) is 3.24. The van der Waals surface area contributed by atoms with Crippen LogP contribution >= 0.6 is 0 Å². The quantitative estimate of drug-likeness (QED) is 0.653. The number of rotatable bonds is 7. The van der Waals surface area contributed by atoms with Gasteiger partial charge in [0.05, 0.1) is 11.0 Å². The number of aryl methyl sites for hydroxylation is 3. The molecule has 0 saturated heterocycles. The van der Waals surface area contributed by atoms with Crippen molar-refractivity contribution in [3.05, 3.63) is 53.9 Å². The number of hydrogen-bond donors (Lipinski definition) is 1. The van der Waals surface area contributed by atoms with Crippen LogP contribution in [-0.2, 0) is 17.8 Å². The normalized spacial score (nSPS) is 12.5. The third kappa shape index (κ3) is 3.89. The monoisotopic (exact) mass is 365 g/mol. The second-order valence-electron chi connectivity index (χ2n) is 6.69. The molecule has 0 saturated carbocycles. The summed E-state index contributed by atoms with van der Waals surface area (Å²) in [6.07, 6.45) is 2.03. The molecule has 4 rings (SSSR count). The van der Waals surface area contributed by atoms with Crippen LogP contribution in [0.15, 0.2) is 42.5 Å². The minimum atomic E-state index is 0.0693. The first-order valence-corrected chi connectivity index (χ1v) is 9.28. The van der Waals surface area contributed by atoms with Crippen LogP contribution < -0.4 is 14.8 Å². The summed E-state index contributed by atoms with van der Waals surface area (Å²) in [6, 6.07) is 14.0. The Labute approximate surface area is 158 Å². The Bertz CT molecular complexity index is 964. The average Bonchev–Trinajstić information content (AvgIpc) is 3.27. The van der Waals surface area contributed by atoms with Crippen molar-refractivity contribution < 1.29 is 14.3 Å². The predicted molar refractivity (Wildman–Crippen MR) is 103 cm³/mol. The van der Waals surface area contributed by atoms with E-state index in [1.54, 1.807) is 0 Å². The van der Waals surface area contributed by atoms with Gasteiger partial charge in [-0.15, -0.1) is 0 Å². The molecular weight excluding hydrogens is 342 g/mol. The van der Waals surface area contributed by atoms with Gasteiger partial charge in [-0.25, -0.2) is 4.98 Å². The van der Waals surface area contributed by atoms with Crippen molar-refractivity contribution >= 4 is 16.9 Å². The van der Waals surface area contributed by atoms with E-state index in [-0.39, 0.29) is 12.7 Å². The van der Waals surface area contributed by atoms with Crippen molar-refractivity contribution in [2.75, 3.05) is 13.3 Å². The number of aromatic nitrogens is 2. The molecule has 3 aromatic rings. The highest BCUT2D eigenvalue weighted by atomic mass is 16.7. The average molecular weight is 365 g/mol. The van der Waals surface area contributed by atoms with E-state index in [1.165, 1.54) is 0 Å². The molecule has 0 spiro atoms. The lowest BCUT2D eigenvalue weighted by molar-refractivity contribution is -0.121. The highest BCUT2D eigenvalue weighted by Crippen LogP contribution is 2.32. The van der Waals surface area contributed by atoms with E-state index in [0.717, 1.165) is 46.9 Å². The Hall–Kier alpha value is -3.02. The number of hydrogen-bond acceptors (Lipinski definition) is 4. The Kier molecular flexibility index (Phi) is 4.96. The lowest BCUT2D eigenvalue weighted by Crippen LogP contribution is -2.25. The van der Waals surface area contributed by atoms with Crippen molar-refractivity contribution in [1.29, 1.82) is 0 Å². The second kappa shape index (κ2) is 7.70. The smallest absolute Gasteiger partial charge is 0.231 e. The SMILES string of the molecule is Cc1nc2ccccc2n1CCCNC(=O)CCc1ccc2c(c1)OCO2. The Morgan fingerprint density at radius 2 is 2.04 bits per heavy atom. The zero-order valence-electron chi connectivity index (χ0n) is 15.4. The summed E-state index contributed by atoms with van der Waals surface area (Å²) in [4.78, 5) is 16.7. The van der Waals surface area contributed by atoms with Crippen LogP contribution in [0.2, 0.25) is 0 Å². The van der Waals surface area contributed by atoms with Gasteiger partial charge in [0.1, 0.15) is 5.82 Å². The summed E-state index contributed by atoms with van der Waals surface area (Å²) in [5, 5.41) is 3.01. The van der Waals surface area contributed by atoms with Crippen LogP contribution in [0.3, 0.4) is 0 Å². The Morgan fingerprint density at radius 3 is 2.96 bits per heavy atom. The minimum absolute atomic E-state index is 0.0693. The van der Waals surface area contributed by atoms with Gasteiger partial charge in [0.15, 0.2) is 11.5 Å². The van der Waals surface area contributed by atoms with E-state index in [2.05, 4.69) is 20.9 Å². The molecule has 0 fully saturated rings. The molecule has 0 bridgehead atoms. The molecule has 27 heavy (non-hydrogen) atoms. The molecule has 1 N–H and O–H groups in total. The van der Waals surface area contributed by atoms with E-state index >= 15 is 0 Å². The van der Waals surface area contributed by atoms with Gasteiger partial charge in [-0.3, -0.25) is 4.79 Å². The van der Waals surface area contributed by atoms with E-state index in [0.29, 0.717) is 19.4 Å². The highest BCUT2D eigenvalue weighted by molar-refractivity contribution is 5.76.